The van der Waals surface area contributed by atoms with Gasteiger partial charge in [-0.2, -0.15) is 0 Å². The van der Waals surface area contributed by atoms with Crippen LogP contribution in [-0.4, -0.2) is 16.1 Å². The van der Waals surface area contributed by atoms with Crippen molar-refractivity contribution in [2.75, 3.05) is 0 Å². The maximum atomic E-state index is 12.2. The van der Waals surface area contributed by atoms with Crippen LogP contribution in [0.25, 0.3) is 0 Å². The molecule has 0 fully saturated rings. The number of aromatic nitrogens is 1. The maximum absolute atomic E-state index is 12.2. The van der Waals surface area contributed by atoms with Crippen LogP contribution in [0, 0.1) is 0 Å². The largest absolute Gasteiger partial charge is 0.481 e. The smallest absolute Gasteiger partial charge is 0.309 e. The molecule has 0 aliphatic carbocycles. The molecule has 0 saturated carbocycles. The second-order valence-electron chi connectivity index (χ2n) is 2.59. The molecule has 76 valence electrons. The molecule has 0 radical (unpaired) electrons. The molecule has 0 aliphatic rings. The summed E-state index contributed by atoms with van der Waals surface area (Å²) in [5, 5.41) is 8.29. The first kappa shape index (κ1) is 10.8. The van der Waals surface area contributed by atoms with Crippen molar-refractivity contribution in [1.82, 2.24) is 4.98 Å². The van der Waals surface area contributed by atoms with Crippen molar-refractivity contribution in [1.29, 1.82) is 0 Å². The molecule has 0 unspecified atom stereocenters. The van der Waals surface area contributed by atoms with Crippen LogP contribution in [0.3, 0.4) is 0 Å². The van der Waals surface area contributed by atoms with Gasteiger partial charge < -0.3 is 5.11 Å². The molecular weight excluding hydrogens is 216 g/mol. The molecule has 14 heavy (non-hydrogen) atoms. The van der Waals surface area contributed by atoms with Gasteiger partial charge in [0.2, 0.25) is 0 Å². The first-order chi connectivity index (χ1) is 6.49. The summed E-state index contributed by atoms with van der Waals surface area (Å²) in [6.07, 6.45) is -3.09. The van der Waals surface area contributed by atoms with Crippen LogP contribution < -0.4 is 0 Å². The minimum absolute atomic E-state index is 0.0281. The van der Waals surface area contributed by atoms with Crippen molar-refractivity contribution in [2.24, 2.45) is 0 Å². The normalized spacial score (nSPS) is 10.6. The summed E-state index contributed by atoms with van der Waals surface area (Å²) >= 11 is 5.44. The minimum atomic E-state index is -2.68. The standard InChI is InChI=1S/C8H6ClF2NO2/c9-6-2-4(8(10)11)1-5(12-6)3-7(13)14/h1-2,8H,3H2,(H,13,14). The van der Waals surface area contributed by atoms with Crippen molar-refractivity contribution in [3.8, 4) is 0 Å². The molecule has 0 amide bonds. The number of halogens is 3. The van der Waals surface area contributed by atoms with Gasteiger partial charge in [0.25, 0.3) is 6.43 Å². The third-order valence-electron chi connectivity index (χ3n) is 1.45. The Morgan fingerprint density at radius 1 is 1.57 bits per heavy atom. The lowest BCUT2D eigenvalue weighted by Gasteiger charge is -2.02. The maximum Gasteiger partial charge on any atom is 0.309 e. The van der Waals surface area contributed by atoms with E-state index in [4.69, 9.17) is 16.7 Å². The van der Waals surface area contributed by atoms with E-state index in [1.807, 2.05) is 0 Å². The quantitative estimate of drug-likeness (QED) is 0.797. The van der Waals surface area contributed by atoms with Gasteiger partial charge in [-0.25, -0.2) is 13.8 Å². The molecule has 0 aliphatic heterocycles. The topological polar surface area (TPSA) is 50.2 Å². The van der Waals surface area contributed by atoms with Gasteiger partial charge in [0, 0.05) is 5.56 Å². The van der Waals surface area contributed by atoms with Crippen LogP contribution in [0.5, 0.6) is 0 Å². The average molecular weight is 222 g/mol. The molecule has 1 aromatic rings. The summed E-state index contributed by atoms with van der Waals surface area (Å²) in [6.45, 7) is 0. The fourth-order valence-corrected chi connectivity index (χ4v) is 1.18. The number of carboxylic acids is 1. The molecule has 1 N–H and O–H groups in total. The number of carbonyl (C=O) groups is 1. The highest BCUT2D eigenvalue weighted by molar-refractivity contribution is 6.29. The van der Waals surface area contributed by atoms with Gasteiger partial charge >= 0.3 is 5.97 Å². The van der Waals surface area contributed by atoms with E-state index in [9.17, 15) is 13.6 Å². The molecule has 1 heterocycles. The lowest BCUT2D eigenvalue weighted by Crippen LogP contribution is -2.03. The van der Waals surface area contributed by atoms with Gasteiger partial charge in [0.05, 0.1) is 12.1 Å². The Hall–Kier alpha value is -1.23. The molecule has 1 rings (SSSR count). The fraction of sp³-hybridized carbons (Fsp3) is 0.250. The number of hydrogen-bond donors (Lipinski definition) is 1. The zero-order valence-corrected chi connectivity index (χ0v) is 7.63. The second-order valence-corrected chi connectivity index (χ2v) is 2.97. The van der Waals surface area contributed by atoms with Crippen LogP contribution in [0.1, 0.15) is 17.7 Å². The molecule has 0 atom stereocenters. The van der Waals surface area contributed by atoms with Crippen LogP contribution in [0.2, 0.25) is 5.15 Å². The average Bonchev–Trinajstić information content (AvgIpc) is 2.01. The van der Waals surface area contributed by atoms with Crippen LogP contribution in [-0.2, 0) is 11.2 Å². The molecule has 1 aromatic heterocycles. The molecule has 0 saturated heterocycles. The Kier molecular flexibility index (Phi) is 3.35. The second kappa shape index (κ2) is 4.32. The molecular formula is C8H6ClF2NO2. The molecule has 6 heteroatoms. The van der Waals surface area contributed by atoms with Gasteiger partial charge in [0.15, 0.2) is 0 Å². The van der Waals surface area contributed by atoms with Crippen molar-refractivity contribution in [3.05, 3.63) is 28.5 Å². The molecule has 3 nitrogen and oxygen atoms in total. The van der Waals surface area contributed by atoms with Gasteiger partial charge in [-0.15, -0.1) is 0 Å². The van der Waals surface area contributed by atoms with Crippen molar-refractivity contribution in [3.63, 3.8) is 0 Å². The summed E-state index contributed by atoms with van der Waals surface area (Å²) in [5.41, 5.74) is -0.290. The Bertz CT molecular complexity index is 357. The summed E-state index contributed by atoms with van der Waals surface area (Å²) in [5.74, 6) is -1.14. The Balaban J connectivity index is 3.01. The van der Waals surface area contributed by atoms with E-state index >= 15 is 0 Å². The van der Waals surface area contributed by atoms with Gasteiger partial charge in [-0.1, -0.05) is 11.6 Å². The number of nitrogens with zero attached hydrogens (tertiary/aromatic N) is 1. The number of hydrogen-bond acceptors (Lipinski definition) is 2. The van der Waals surface area contributed by atoms with Crippen molar-refractivity contribution >= 4 is 17.6 Å². The minimum Gasteiger partial charge on any atom is -0.481 e. The summed E-state index contributed by atoms with van der Waals surface area (Å²) < 4.78 is 24.5. The van der Waals surface area contributed by atoms with Gasteiger partial charge in [-0.05, 0) is 12.1 Å². The van der Waals surface area contributed by atoms with E-state index in [0.717, 1.165) is 12.1 Å². The van der Waals surface area contributed by atoms with Crippen LogP contribution in [0.4, 0.5) is 8.78 Å². The number of alkyl halides is 2. The summed E-state index contributed by atoms with van der Waals surface area (Å²) in [6, 6.07) is 2.04. The number of carboxylic acid groups (broad SMARTS) is 1. The first-order valence-electron chi connectivity index (χ1n) is 3.65. The number of pyridine rings is 1. The Morgan fingerprint density at radius 2 is 2.21 bits per heavy atom. The lowest BCUT2D eigenvalue weighted by atomic mass is 10.2. The van der Waals surface area contributed by atoms with E-state index < -0.39 is 18.8 Å². The van der Waals surface area contributed by atoms with E-state index in [1.165, 1.54) is 0 Å². The van der Waals surface area contributed by atoms with E-state index in [0.29, 0.717) is 0 Å². The van der Waals surface area contributed by atoms with Crippen LogP contribution in [0.15, 0.2) is 12.1 Å². The highest BCUT2D eigenvalue weighted by atomic mass is 35.5. The number of rotatable bonds is 3. The van der Waals surface area contributed by atoms with Gasteiger partial charge in [-0.3, -0.25) is 4.79 Å². The highest BCUT2D eigenvalue weighted by Crippen LogP contribution is 2.22. The van der Waals surface area contributed by atoms with Gasteiger partial charge in [0.1, 0.15) is 5.15 Å². The van der Waals surface area contributed by atoms with E-state index in [2.05, 4.69) is 4.98 Å². The summed E-state index contributed by atoms with van der Waals surface area (Å²) in [7, 11) is 0. The fourth-order valence-electron chi connectivity index (χ4n) is 0.945. The zero-order chi connectivity index (χ0) is 10.7. The molecule has 0 aromatic carbocycles. The van der Waals surface area contributed by atoms with E-state index in [-0.39, 0.29) is 16.4 Å². The van der Waals surface area contributed by atoms with Crippen LogP contribution >= 0.6 is 11.6 Å². The number of aliphatic carboxylic acids is 1. The monoisotopic (exact) mass is 221 g/mol. The van der Waals surface area contributed by atoms with Crippen molar-refractivity contribution in [2.45, 2.75) is 12.8 Å². The molecule has 0 spiro atoms. The predicted octanol–water partition coefficient (Wildman–Crippen LogP) is 2.30. The predicted molar refractivity (Wildman–Crippen MR) is 45.5 cm³/mol. The third kappa shape index (κ3) is 2.92. The molecule has 0 bridgehead atoms. The van der Waals surface area contributed by atoms with Crippen molar-refractivity contribution < 1.29 is 18.7 Å². The Labute approximate surface area is 83.3 Å². The highest BCUT2D eigenvalue weighted by Gasteiger charge is 2.11. The SMILES string of the molecule is O=C(O)Cc1cc(C(F)F)cc(Cl)n1. The Morgan fingerprint density at radius 3 is 2.71 bits per heavy atom. The first-order valence-corrected chi connectivity index (χ1v) is 4.03. The zero-order valence-electron chi connectivity index (χ0n) is 6.88. The van der Waals surface area contributed by atoms with E-state index in [1.54, 1.807) is 0 Å². The third-order valence-corrected chi connectivity index (χ3v) is 1.65. The lowest BCUT2D eigenvalue weighted by molar-refractivity contribution is -0.136. The summed E-state index contributed by atoms with van der Waals surface area (Å²) in [4.78, 5) is 13.9.